The fourth-order valence-electron chi connectivity index (χ4n) is 3.17. The number of methoxy groups -OCH3 is 1. The van der Waals surface area contributed by atoms with Crippen molar-refractivity contribution in [2.45, 2.75) is 32.3 Å². The number of rotatable bonds is 7. The highest BCUT2D eigenvalue weighted by molar-refractivity contribution is 5.73. The lowest BCUT2D eigenvalue weighted by Crippen LogP contribution is -2.36. The monoisotopic (exact) mass is 355 g/mol. The van der Waals surface area contributed by atoms with E-state index in [1.54, 1.807) is 0 Å². The molecule has 3 rings (SSSR count). The number of hydrogen-bond donors (Lipinski definition) is 0. The molecule has 1 heterocycles. The number of carbonyl (C=O) groups is 1. The molecule has 0 spiro atoms. The minimum Gasteiger partial charge on any atom is -0.469 e. The third kappa shape index (κ3) is 4.69. The fraction of sp³-hybridized carbons (Fsp3) is 0.381. The van der Waals surface area contributed by atoms with Gasteiger partial charge < -0.3 is 9.47 Å². The minimum atomic E-state index is -0.366. The maximum absolute atomic E-state index is 12.2. The van der Waals surface area contributed by atoms with Crippen molar-refractivity contribution in [2.24, 2.45) is 5.92 Å². The highest BCUT2D eigenvalue weighted by Crippen LogP contribution is 2.27. The summed E-state index contributed by atoms with van der Waals surface area (Å²) >= 11 is 0. The Morgan fingerprint density at radius 3 is 2.35 bits per heavy atom. The van der Waals surface area contributed by atoms with E-state index in [1.807, 2.05) is 72.7 Å². The summed E-state index contributed by atoms with van der Waals surface area (Å²) in [5, 5.41) is 1.82. The second-order valence-electron chi connectivity index (χ2n) is 6.51. The lowest BCUT2D eigenvalue weighted by molar-refractivity contribution is -0.190. The van der Waals surface area contributed by atoms with E-state index < -0.39 is 0 Å². The van der Waals surface area contributed by atoms with Gasteiger partial charge in [-0.05, 0) is 18.1 Å². The van der Waals surface area contributed by atoms with E-state index in [0.717, 1.165) is 11.1 Å². The van der Waals surface area contributed by atoms with Crippen LogP contribution >= 0.6 is 0 Å². The summed E-state index contributed by atoms with van der Waals surface area (Å²) in [7, 11) is 1.41. The molecule has 1 fully saturated rings. The zero-order valence-electron chi connectivity index (χ0n) is 15.2. The van der Waals surface area contributed by atoms with Crippen LogP contribution < -0.4 is 0 Å². The fourth-order valence-corrected chi connectivity index (χ4v) is 3.17. The first-order valence-electron chi connectivity index (χ1n) is 8.86. The number of carbonyl (C=O) groups excluding carboxylic acids is 1. The molecule has 0 amide bonds. The molecular weight excluding hydrogens is 330 g/mol. The van der Waals surface area contributed by atoms with Gasteiger partial charge in [-0.3, -0.25) is 9.63 Å². The van der Waals surface area contributed by atoms with Crippen molar-refractivity contribution in [3.63, 3.8) is 0 Å². The highest BCUT2D eigenvalue weighted by atomic mass is 16.7. The van der Waals surface area contributed by atoms with Gasteiger partial charge >= 0.3 is 5.97 Å². The van der Waals surface area contributed by atoms with E-state index in [1.165, 1.54) is 7.11 Å². The van der Waals surface area contributed by atoms with Crippen LogP contribution in [0.1, 0.15) is 18.1 Å². The van der Waals surface area contributed by atoms with Crippen molar-refractivity contribution in [3.05, 3.63) is 71.8 Å². The van der Waals surface area contributed by atoms with E-state index in [0.29, 0.717) is 19.7 Å². The molecule has 0 aliphatic carbocycles. The average molecular weight is 355 g/mol. The number of ether oxygens (including phenoxy) is 2. The topological polar surface area (TPSA) is 48.0 Å². The number of hydroxylamine groups is 2. The Morgan fingerprint density at radius 1 is 1.12 bits per heavy atom. The number of esters is 1. The summed E-state index contributed by atoms with van der Waals surface area (Å²) in [5.41, 5.74) is 2.22. The molecule has 1 aliphatic heterocycles. The molecule has 1 saturated heterocycles. The molecule has 0 bridgehead atoms. The van der Waals surface area contributed by atoms with Crippen LogP contribution in [0.5, 0.6) is 0 Å². The molecule has 5 nitrogen and oxygen atoms in total. The molecule has 0 saturated carbocycles. The van der Waals surface area contributed by atoms with Crippen LogP contribution in [0, 0.1) is 5.92 Å². The lowest BCUT2D eigenvalue weighted by atomic mass is 9.99. The zero-order chi connectivity index (χ0) is 18.4. The maximum Gasteiger partial charge on any atom is 0.312 e. The largest absolute Gasteiger partial charge is 0.469 e. The number of benzene rings is 2. The number of nitrogens with zero attached hydrogens (tertiary/aromatic N) is 1. The molecular formula is C21H25NO4. The second-order valence-corrected chi connectivity index (χ2v) is 6.51. The molecule has 3 atom stereocenters. The van der Waals surface area contributed by atoms with Gasteiger partial charge in [0.05, 0.1) is 19.8 Å². The van der Waals surface area contributed by atoms with Crippen molar-refractivity contribution in [2.75, 3.05) is 13.7 Å². The standard InChI is InChI=1S/C21H25NO4/c1-16(25-15-18-11-7-4-8-12-18)20-19(21(23)24-2)14-22(26-20)13-17-9-5-3-6-10-17/h3-12,16,19-20H,13-15H2,1-2H3/t16-,19-,20-/m0/s1. The Morgan fingerprint density at radius 2 is 1.73 bits per heavy atom. The average Bonchev–Trinajstić information content (AvgIpc) is 3.11. The van der Waals surface area contributed by atoms with E-state index >= 15 is 0 Å². The Bertz CT molecular complexity index is 692. The summed E-state index contributed by atoms with van der Waals surface area (Å²) in [6.45, 7) is 3.53. The molecule has 0 N–H and O–H groups in total. The van der Waals surface area contributed by atoms with Crippen LogP contribution in [0.25, 0.3) is 0 Å². The van der Waals surface area contributed by atoms with Gasteiger partial charge in [-0.15, -0.1) is 0 Å². The van der Waals surface area contributed by atoms with Gasteiger partial charge in [0.25, 0.3) is 0 Å². The predicted molar refractivity (Wildman–Crippen MR) is 97.9 cm³/mol. The first kappa shape index (κ1) is 18.6. The molecule has 138 valence electrons. The predicted octanol–water partition coefficient (Wildman–Crippen LogP) is 3.20. The normalized spacial score (nSPS) is 21.5. The van der Waals surface area contributed by atoms with Crippen molar-refractivity contribution in [3.8, 4) is 0 Å². The van der Waals surface area contributed by atoms with Crippen LogP contribution in [0.3, 0.4) is 0 Å². The summed E-state index contributed by atoms with van der Waals surface area (Å²) in [4.78, 5) is 18.3. The van der Waals surface area contributed by atoms with E-state index in [9.17, 15) is 4.79 Å². The first-order valence-corrected chi connectivity index (χ1v) is 8.86. The molecule has 5 heteroatoms. The molecule has 2 aromatic rings. The SMILES string of the molecule is COC(=O)[C@H]1CN(Cc2ccccc2)O[C@H]1[C@H](C)OCc1ccccc1. The van der Waals surface area contributed by atoms with Gasteiger partial charge in [0.15, 0.2) is 0 Å². The Kier molecular flexibility index (Phi) is 6.39. The van der Waals surface area contributed by atoms with Crippen molar-refractivity contribution in [1.82, 2.24) is 5.06 Å². The second kappa shape index (κ2) is 8.94. The van der Waals surface area contributed by atoms with Gasteiger partial charge in [0.1, 0.15) is 12.0 Å². The molecule has 1 aliphatic rings. The van der Waals surface area contributed by atoms with Crippen LogP contribution in [0.4, 0.5) is 0 Å². The van der Waals surface area contributed by atoms with Gasteiger partial charge in [-0.1, -0.05) is 60.7 Å². The quantitative estimate of drug-likeness (QED) is 0.714. The Balaban J connectivity index is 1.63. The lowest BCUT2D eigenvalue weighted by Gasteiger charge is -2.23. The van der Waals surface area contributed by atoms with Crippen LogP contribution in [-0.4, -0.2) is 36.9 Å². The first-order chi connectivity index (χ1) is 12.7. The van der Waals surface area contributed by atoms with Crippen molar-refractivity contribution in [1.29, 1.82) is 0 Å². The van der Waals surface area contributed by atoms with Gasteiger partial charge in [0.2, 0.25) is 0 Å². The third-order valence-electron chi connectivity index (χ3n) is 4.59. The number of hydrogen-bond acceptors (Lipinski definition) is 5. The summed E-state index contributed by atoms with van der Waals surface area (Å²) in [6, 6.07) is 20.0. The van der Waals surface area contributed by atoms with Crippen LogP contribution in [-0.2, 0) is 32.3 Å². The summed E-state index contributed by atoms with van der Waals surface area (Å²) < 4.78 is 11.0. The Hall–Kier alpha value is -2.21. The zero-order valence-corrected chi connectivity index (χ0v) is 15.2. The molecule has 0 unspecified atom stereocenters. The third-order valence-corrected chi connectivity index (χ3v) is 4.59. The Labute approximate surface area is 154 Å². The smallest absolute Gasteiger partial charge is 0.312 e. The van der Waals surface area contributed by atoms with Crippen molar-refractivity contribution < 1.29 is 19.1 Å². The molecule has 0 aromatic heterocycles. The maximum atomic E-state index is 12.2. The summed E-state index contributed by atoms with van der Waals surface area (Å²) in [5.74, 6) is -0.629. The van der Waals surface area contributed by atoms with E-state index in [-0.39, 0.29) is 24.1 Å². The van der Waals surface area contributed by atoms with E-state index in [4.69, 9.17) is 14.3 Å². The minimum absolute atomic E-state index is 0.236. The van der Waals surface area contributed by atoms with E-state index in [2.05, 4.69) is 0 Å². The molecule has 0 radical (unpaired) electrons. The molecule has 2 aromatic carbocycles. The summed E-state index contributed by atoms with van der Waals surface area (Å²) in [6.07, 6.45) is -0.602. The van der Waals surface area contributed by atoms with Crippen LogP contribution in [0.2, 0.25) is 0 Å². The van der Waals surface area contributed by atoms with Crippen molar-refractivity contribution >= 4 is 5.97 Å². The highest BCUT2D eigenvalue weighted by Gasteiger charge is 2.43. The molecule has 26 heavy (non-hydrogen) atoms. The van der Waals surface area contributed by atoms with Gasteiger partial charge in [-0.25, -0.2) is 0 Å². The van der Waals surface area contributed by atoms with Gasteiger partial charge in [-0.2, -0.15) is 5.06 Å². The van der Waals surface area contributed by atoms with Gasteiger partial charge in [0, 0.05) is 13.1 Å². The van der Waals surface area contributed by atoms with Crippen LogP contribution in [0.15, 0.2) is 60.7 Å².